The van der Waals surface area contributed by atoms with E-state index >= 15 is 0 Å². The number of fused-ring (bicyclic) bond motifs is 2. The normalized spacial score (nSPS) is 10.8. The average molecular weight is 416 g/mol. The molecule has 0 unspecified atom stereocenters. The molecule has 7 heteroatoms. The van der Waals surface area contributed by atoms with Gasteiger partial charge >= 0.3 is 0 Å². The van der Waals surface area contributed by atoms with E-state index in [4.69, 9.17) is 22.1 Å². The number of nitrogens with zero attached hydrogens (tertiary/aromatic N) is 2. The smallest absolute Gasteiger partial charge is 0.258 e. The van der Waals surface area contributed by atoms with E-state index in [0.29, 0.717) is 27.2 Å². The highest BCUT2D eigenvalue weighted by Crippen LogP contribution is 2.30. The fraction of sp³-hybridized carbons (Fsp3) is 0.143. The third kappa shape index (κ3) is 3.56. The molecule has 28 heavy (non-hydrogen) atoms. The van der Waals surface area contributed by atoms with Crippen LogP contribution in [0, 0.1) is 0 Å². The number of hydrogen-bond acceptors (Lipinski definition) is 4. The number of halogens is 2. The molecule has 0 aliphatic rings. The Labute approximate surface area is 173 Å². The molecule has 4 rings (SSSR count). The van der Waals surface area contributed by atoms with Crippen LogP contribution < -0.4 is 16.0 Å². The van der Waals surface area contributed by atoms with Crippen molar-refractivity contribution in [3.8, 4) is 5.75 Å². The largest absolute Gasteiger partial charge is 0.485 e. The summed E-state index contributed by atoms with van der Waals surface area (Å²) in [6.07, 6.45) is 0. The first-order valence-electron chi connectivity index (χ1n) is 8.57. The van der Waals surface area contributed by atoms with Crippen LogP contribution in [0.25, 0.3) is 21.7 Å². The van der Waals surface area contributed by atoms with Gasteiger partial charge in [0.15, 0.2) is 0 Å². The lowest BCUT2D eigenvalue weighted by Gasteiger charge is -2.17. The van der Waals surface area contributed by atoms with Crippen LogP contribution in [-0.4, -0.2) is 9.55 Å². The predicted molar refractivity (Wildman–Crippen MR) is 115 cm³/mol. The minimum Gasteiger partial charge on any atom is -0.485 e. The summed E-state index contributed by atoms with van der Waals surface area (Å²) in [6.45, 7) is 0.437. The third-order valence-corrected chi connectivity index (χ3v) is 4.88. The second-order valence-corrected chi connectivity index (χ2v) is 6.75. The summed E-state index contributed by atoms with van der Waals surface area (Å²) in [5.41, 5.74) is 8.10. The van der Waals surface area contributed by atoms with Gasteiger partial charge in [-0.15, -0.1) is 12.4 Å². The number of hydrogen-bond donors (Lipinski definition) is 1. The van der Waals surface area contributed by atoms with E-state index in [1.54, 1.807) is 25.2 Å². The first-order chi connectivity index (χ1) is 13.1. The molecular formula is C21H19Cl2N3O2. The predicted octanol–water partition coefficient (Wildman–Crippen LogP) is 4.20. The Balaban J connectivity index is 0.00000225. The molecule has 2 aromatic carbocycles. The van der Waals surface area contributed by atoms with Crippen molar-refractivity contribution >= 4 is 45.7 Å². The van der Waals surface area contributed by atoms with Gasteiger partial charge in [0.25, 0.3) is 5.56 Å². The molecule has 2 heterocycles. The number of ether oxygens (including phenoxy) is 1. The van der Waals surface area contributed by atoms with Crippen molar-refractivity contribution in [3.63, 3.8) is 0 Å². The van der Waals surface area contributed by atoms with E-state index in [1.165, 1.54) is 4.57 Å². The van der Waals surface area contributed by atoms with Crippen molar-refractivity contribution in [1.29, 1.82) is 0 Å². The lowest BCUT2D eigenvalue weighted by molar-refractivity contribution is 0.299. The average Bonchev–Trinajstić information content (AvgIpc) is 2.69. The lowest BCUT2D eigenvalue weighted by Crippen LogP contribution is -2.23. The van der Waals surface area contributed by atoms with Gasteiger partial charge in [-0.3, -0.25) is 4.79 Å². The molecule has 0 aliphatic carbocycles. The van der Waals surface area contributed by atoms with Crippen LogP contribution in [0.4, 0.5) is 0 Å². The van der Waals surface area contributed by atoms with E-state index in [9.17, 15) is 4.79 Å². The number of nitrogens with two attached hydrogens (primary N) is 1. The van der Waals surface area contributed by atoms with Crippen LogP contribution in [0.2, 0.25) is 5.02 Å². The summed E-state index contributed by atoms with van der Waals surface area (Å²) in [7, 11) is 1.69. The molecule has 0 saturated heterocycles. The number of benzene rings is 2. The minimum atomic E-state index is -0.127. The van der Waals surface area contributed by atoms with Crippen molar-refractivity contribution in [2.24, 2.45) is 12.8 Å². The molecule has 0 bridgehead atoms. The maximum atomic E-state index is 12.6. The summed E-state index contributed by atoms with van der Waals surface area (Å²) in [5, 5.41) is 2.81. The third-order valence-electron chi connectivity index (χ3n) is 4.64. The Morgan fingerprint density at radius 3 is 2.68 bits per heavy atom. The fourth-order valence-electron chi connectivity index (χ4n) is 3.23. The Bertz CT molecular complexity index is 1220. The summed E-state index contributed by atoms with van der Waals surface area (Å²) in [5.74, 6) is 0.562. The molecule has 4 aromatic rings. The molecular weight excluding hydrogens is 397 g/mol. The number of aromatic nitrogens is 2. The summed E-state index contributed by atoms with van der Waals surface area (Å²) in [6, 6.07) is 17.0. The Morgan fingerprint density at radius 2 is 1.89 bits per heavy atom. The summed E-state index contributed by atoms with van der Waals surface area (Å²) >= 11 is 6.15. The lowest BCUT2D eigenvalue weighted by atomic mass is 10.1. The Morgan fingerprint density at radius 1 is 1.11 bits per heavy atom. The number of para-hydroxylation sites is 1. The minimum absolute atomic E-state index is 0. The summed E-state index contributed by atoms with van der Waals surface area (Å²) < 4.78 is 7.63. The number of pyridine rings is 2. The van der Waals surface area contributed by atoms with E-state index in [2.05, 4.69) is 4.98 Å². The summed E-state index contributed by atoms with van der Waals surface area (Å²) in [4.78, 5) is 17.2. The number of rotatable bonds is 4. The van der Waals surface area contributed by atoms with Gasteiger partial charge in [-0.1, -0.05) is 35.9 Å². The first kappa shape index (κ1) is 20.1. The highest BCUT2D eigenvalue weighted by atomic mass is 35.5. The molecule has 0 radical (unpaired) electrons. The van der Waals surface area contributed by atoms with Gasteiger partial charge in [0.05, 0.1) is 22.3 Å². The topological polar surface area (TPSA) is 70.1 Å². The van der Waals surface area contributed by atoms with Crippen LogP contribution in [0.5, 0.6) is 5.75 Å². The van der Waals surface area contributed by atoms with Gasteiger partial charge in [-0.25, -0.2) is 4.98 Å². The van der Waals surface area contributed by atoms with Crippen LogP contribution in [0.1, 0.15) is 11.4 Å². The van der Waals surface area contributed by atoms with Crippen molar-refractivity contribution in [3.05, 3.63) is 81.4 Å². The zero-order valence-corrected chi connectivity index (χ0v) is 16.8. The molecule has 0 saturated carbocycles. The molecule has 0 atom stereocenters. The van der Waals surface area contributed by atoms with Gasteiger partial charge in [-0.2, -0.15) is 0 Å². The maximum Gasteiger partial charge on any atom is 0.258 e. The molecule has 2 aromatic heterocycles. The molecule has 0 fully saturated rings. The molecule has 2 N–H and O–H groups in total. The van der Waals surface area contributed by atoms with Crippen molar-refractivity contribution in [1.82, 2.24) is 9.55 Å². The Kier molecular flexibility index (Phi) is 5.89. The molecule has 0 amide bonds. The van der Waals surface area contributed by atoms with E-state index < -0.39 is 0 Å². The van der Waals surface area contributed by atoms with Gasteiger partial charge < -0.3 is 15.0 Å². The van der Waals surface area contributed by atoms with Crippen LogP contribution >= 0.6 is 24.0 Å². The first-order valence-corrected chi connectivity index (χ1v) is 8.95. The van der Waals surface area contributed by atoms with Crippen LogP contribution in [0.3, 0.4) is 0 Å². The van der Waals surface area contributed by atoms with Gasteiger partial charge in [0.2, 0.25) is 0 Å². The van der Waals surface area contributed by atoms with Crippen LogP contribution in [0.15, 0.2) is 59.4 Å². The van der Waals surface area contributed by atoms with Crippen LogP contribution in [-0.2, 0) is 20.2 Å². The second-order valence-electron chi connectivity index (χ2n) is 6.32. The van der Waals surface area contributed by atoms with Gasteiger partial charge in [-0.05, 0) is 30.3 Å². The quantitative estimate of drug-likeness (QED) is 0.542. The molecule has 0 aliphatic heterocycles. The van der Waals surface area contributed by atoms with Gasteiger partial charge in [0.1, 0.15) is 12.4 Å². The molecule has 0 spiro atoms. The van der Waals surface area contributed by atoms with E-state index in [-0.39, 0.29) is 31.1 Å². The van der Waals surface area contributed by atoms with Crippen molar-refractivity contribution in [2.45, 2.75) is 13.2 Å². The highest BCUT2D eigenvalue weighted by Gasteiger charge is 2.16. The van der Waals surface area contributed by atoms with Crippen molar-refractivity contribution < 1.29 is 4.74 Å². The standard InChI is InChI=1S/C21H18ClN3O2.ClH/c1-25-19(11-23)20(17-10-14(22)7-9-16(17)21(25)26)27-12-15-8-6-13-4-2-3-5-18(13)24-15;/h2-10H,11-12,23H2,1H3;1H. The van der Waals surface area contributed by atoms with Crippen molar-refractivity contribution in [2.75, 3.05) is 0 Å². The SMILES string of the molecule is Cl.Cn1c(CN)c(OCc2ccc3ccccc3n2)c2cc(Cl)ccc2c1=O. The Hall–Kier alpha value is -2.60. The molecule has 144 valence electrons. The monoisotopic (exact) mass is 415 g/mol. The molecule has 5 nitrogen and oxygen atoms in total. The van der Waals surface area contributed by atoms with E-state index in [0.717, 1.165) is 16.6 Å². The zero-order chi connectivity index (χ0) is 19.0. The second kappa shape index (κ2) is 8.19. The van der Waals surface area contributed by atoms with Gasteiger partial charge in [0, 0.05) is 29.4 Å². The fourth-order valence-corrected chi connectivity index (χ4v) is 3.40. The highest BCUT2D eigenvalue weighted by molar-refractivity contribution is 6.31. The zero-order valence-electron chi connectivity index (χ0n) is 15.2. The maximum absolute atomic E-state index is 12.6. The van der Waals surface area contributed by atoms with E-state index in [1.807, 2.05) is 36.4 Å².